The second kappa shape index (κ2) is 25.0. The minimum Gasteiger partial charge on any atom is -0.397 e. The molecule has 0 radical (unpaired) electrons. The van der Waals surface area contributed by atoms with Gasteiger partial charge in [0.15, 0.2) is 0 Å². The van der Waals surface area contributed by atoms with Crippen LogP contribution in [0.1, 0.15) is 41.0 Å². The molecule has 0 saturated carbocycles. The van der Waals surface area contributed by atoms with E-state index >= 15 is 0 Å². The van der Waals surface area contributed by atoms with Crippen LogP contribution in [0.2, 0.25) is 0 Å². The van der Waals surface area contributed by atoms with E-state index in [0.29, 0.717) is 26.1 Å². The average molecular weight is 265 g/mol. The van der Waals surface area contributed by atoms with Crippen molar-refractivity contribution in [3.05, 3.63) is 0 Å². The van der Waals surface area contributed by atoms with Crippen LogP contribution in [-0.4, -0.2) is 43.0 Å². The van der Waals surface area contributed by atoms with Gasteiger partial charge in [0.2, 0.25) is 5.91 Å². The van der Waals surface area contributed by atoms with Crippen LogP contribution in [-0.2, 0) is 9.59 Å². The zero-order valence-corrected chi connectivity index (χ0v) is 11.2. The highest BCUT2D eigenvalue weighted by molar-refractivity contribution is 5.75. The van der Waals surface area contributed by atoms with E-state index in [2.05, 4.69) is 5.32 Å². The summed E-state index contributed by atoms with van der Waals surface area (Å²) in [5, 5.41) is 10.2. The number of carbonyl (C=O) groups excluding carboxylic acids is 2. The monoisotopic (exact) mass is 265 g/mol. The standard InChI is InChI=1S/C7H13NO2.C2H8N2.C2H6O.CH4/c1-6(9)4-3-5-8-7(2)10;3-1-2-4;1-2-3;/h3-5H2,1-2H3,(H,8,10);1-4H2;3H,2H2,1H3;1H4. The maximum atomic E-state index is 10.4. The Morgan fingerprint density at radius 3 is 1.78 bits per heavy atom. The summed E-state index contributed by atoms with van der Waals surface area (Å²) < 4.78 is 0. The Hall–Kier alpha value is -0.980. The second-order valence-electron chi connectivity index (χ2n) is 3.18. The van der Waals surface area contributed by atoms with E-state index in [1.54, 1.807) is 13.8 Å². The number of amides is 1. The van der Waals surface area contributed by atoms with Crippen LogP contribution in [0.15, 0.2) is 0 Å². The zero-order valence-electron chi connectivity index (χ0n) is 11.2. The van der Waals surface area contributed by atoms with E-state index < -0.39 is 0 Å². The first kappa shape index (κ1) is 25.8. The first-order chi connectivity index (χ1) is 7.95. The minimum atomic E-state index is -0.0384. The Bertz CT molecular complexity index is 158. The third-order valence-corrected chi connectivity index (χ3v) is 1.25. The maximum absolute atomic E-state index is 10.4. The van der Waals surface area contributed by atoms with Crippen LogP contribution < -0.4 is 16.8 Å². The van der Waals surface area contributed by atoms with Crippen LogP contribution in [0, 0.1) is 0 Å². The summed E-state index contributed by atoms with van der Waals surface area (Å²) in [4.78, 5) is 20.7. The summed E-state index contributed by atoms with van der Waals surface area (Å²) >= 11 is 0. The van der Waals surface area contributed by atoms with Gasteiger partial charge in [-0.25, -0.2) is 0 Å². The predicted octanol–water partition coefficient (Wildman–Crippen LogP) is 0.0302. The van der Waals surface area contributed by atoms with Gasteiger partial charge in [0, 0.05) is 39.6 Å². The first-order valence-corrected chi connectivity index (χ1v) is 5.71. The molecular weight excluding hydrogens is 234 g/mol. The van der Waals surface area contributed by atoms with Gasteiger partial charge in [-0.15, -0.1) is 0 Å². The molecule has 18 heavy (non-hydrogen) atoms. The molecule has 0 aromatic rings. The summed E-state index contributed by atoms with van der Waals surface area (Å²) in [6, 6.07) is 0. The summed E-state index contributed by atoms with van der Waals surface area (Å²) in [5.74, 6) is 0.133. The van der Waals surface area contributed by atoms with Crippen LogP contribution >= 0.6 is 0 Å². The molecule has 6 nitrogen and oxygen atoms in total. The largest absolute Gasteiger partial charge is 0.397 e. The average Bonchev–Trinajstić information content (AvgIpc) is 2.25. The quantitative estimate of drug-likeness (QED) is 0.523. The third-order valence-electron chi connectivity index (χ3n) is 1.25. The third kappa shape index (κ3) is 59.9. The topological polar surface area (TPSA) is 118 Å². The van der Waals surface area contributed by atoms with E-state index in [0.717, 1.165) is 6.42 Å². The van der Waals surface area contributed by atoms with Gasteiger partial charge in [-0.3, -0.25) is 4.79 Å². The van der Waals surface area contributed by atoms with Gasteiger partial charge in [-0.05, 0) is 20.3 Å². The Kier molecular flexibility index (Phi) is 35.8. The van der Waals surface area contributed by atoms with Crippen molar-refractivity contribution in [2.24, 2.45) is 11.5 Å². The number of aliphatic hydroxyl groups is 1. The molecule has 1 amide bonds. The van der Waals surface area contributed by atoms with Crippen LogP contribution in [0.5, 0.6) is 0 Å². The molecule has 112 valence electrons. The van der Waals surface area contributed by atoms with Crippen molar-refractivity contribution in [1.29, 1.82) is 0 Å². The van der Waals surface area contributed by atoms with Gasteiger partial charge in [-0.2, -0.15) is 0 Å². The Balaban J connectivity index is -0.000000103. The van der Waals surface area contributed by atoms with Crippen molar-refractivity contribution >= 4 is 11.7 Å². The van der Waals surface area contributed by atoms with Crippen molar-refractivity contribution in [2.45, 2.75) is 41.0 Å². The molecular formula is C12H31N3O3. The van der Waals surface area contributed by atoms with Crippen molar-refractivity contribution < 1.29 is 14.7 Å². The lowest BCUT2D eigenvalue weighted by molar-refractivity contribution is -0.120. The van der Waals surface area contributed by atoms with E-state index in [1.165, 1.54) is 6.92 Å². The Morgan fingerprint density at radius 2 is 1.56 bits per heavy atom. The van der Waals surface area contributed by atoms with E-state index in [1.807, 2.05) is 0 Å². The first-order valence-electron chi connectivity index (χ1n) is 5.71. The Labute approximate surface area is 111 Å². The molecule has 0 aliphatic rings. The van der Waals surface area contributed by atoms with Gasteiger partial charge in [0.1, 0.15) is 5.78 Å². The van der Waals surface area contributed by atoms with Gasteiger partial charge < -0.3 is 26.7 Å². The molecule has 0 aromatic carbocycles. The molecule has 6 heteroatoms. The number of hydrogen-bond donors (Lipinski definition) is 4. The normalized spacial score (nSPS) is 7.67. The molecule has 0 aliphatic heterocycles. The molecule has 6 N–H and O–H groups in total. The van der Waals surface area contributed by atoms with Crippen molar-refractivity contribution in [2.75, 3.05) is 26.2 Å². The van der Waals surface area contributed by atoms with Gasteiger partial charge >= 0.3 is 0 Å². The second-order valence-corrected chi connectivity index (χ2v) is 3.18. The summed E-state index contributed by atoms with van der Waals surface area (Å²) in [6.07, 6.45) is 1.30. The number of Topliss-reactive ketones (excluding diaryl/α,β-unsaturated/α-hetero) is 1. The molecule has 0 spiro atoms. The highest BCUT2D eigenvalue weighted by Crippen LogP contribution is 1.86. The molecule has 0 saturated heterocycles. The number of rotatable bonds is 5. The molecule has 0 aliphatic carbocycles. The SMILES string of the molecule is C.CC(=O)CCCNC(C)=O.CCO.NCCN. The Morgan fingerprint density at radius 1 is 1.17 bits per heavy atom. The fourth-order valence-electron chi connectivity index (χ4n) is 0.602. The maximum Gasteiger partial charge on any atom is 0.216 e. The number of nitrogens with one attached hydrogen (secondary N) is 1. The smallest absolute Gasteiger partial charge is 0.216 e. The van der Waals surface area contributed by atoms with Crippen LogP contribution in [0.25, 0.3) is 0 Å². The summed E-state index contributed by atoms with van der Waals surface area (Å²) in [5.41, 5.74) is 9.81. The number of ketones is 1. The van der Waals surface area contributed by atoms with Gasteiger partial charge in [0.05, 0.1) is 0 Å². The minimum absolute atomic E-state index is 0. The lowest BCUT2D eigenvalue weighted by Crippen LogP contribution is -2.21. The number of hydrogen-bond acceptors (Lipinski definition) is 5. The van der Waals surface area contributed by atoms with Crippen molar-refractivity contribution in [3.8, 4) is 0 Å². The predicted molar refractivity (Wildman–Crippen MR) is 76.2 cm³/mol. The molecule has 0 rings (SSSR count). The van der Waals surface area contributed by atoms with Crippen LogP contribution in [0.4, 0.5) is 0 Å². The highest BCUT2D eigenvalue weighted by atomic mass is 16.2. The lowest BCUT2D eigenvalue weighted by atomic mass is 10.2. The van der Waals surface area contributed by atoms with Gasteiger partial charge in [0.25, 0.3) is 0 Å². The number of nitrogens with two attached hydrogens (primary N) is 2. The fourth-order valence-corrected chi connectivity index (χ4v) is 0.602. The summed E-state index contributed by atoms with van der Waals surface area (Å²) in [7, 11) is 0. The molecule has 0 unspecified atom stereocenters. The van der Waals surface area contributed by atoms with E-state index in [-0.39, 0.29) is 25.7 Å². The number of aliphatic hydroxyl groups excluding tert-OH is 1. The van der Waals surface area contributed by atoms with Crippen LogP contribution in [0.3, 0.4) is 0 Å². The van der Waals surface area contributed by atoms with Gasteiger partial charge in [-0.1, -0.05) is 7.43 Å². The van der Waals surface area contributed by atoms with Crippen molar-refractivity contribution in [3.63, 3.8) is 0 Å². The number of carbonyl (C=O) groups is 2. The molecule has 0 bridgehead atoms. The fraction of sp³-hybridized carbons (Fsp3) is 0.833. The molecule has 0 heterocycles. The molecule has 0 aromatic heterocycles. The summed E-state index contributed by atoms with van der Waals surface area (Å²) in [6.45, 7) is 6.75. The zero-order chi connectivity index (χ0) is 14.1. The molecule has 0 atom stereocenters. The highest BCUT2D eigenvalue weighted by Gasteiger charge is 1.93. The van der Waals surface area contributed by atoms with E-state index in [4.69, 9.17) is 16.6 Å². The molecule has 0 fully saturated rings. The van der Waals surface area contributed by atoms with E-state index in [9.17, 15) is 9.59 Å². The lowest BCUT2D eigenvalue weighted by Gasteiger charge is -1.98. The van der Waals surface area contributed by atoms with Crippen molar-refractivity contribution in [1.82, 2.24) is 5.32 Å².